The summed E-state index contributed by atoms with van der Waals surface area (Å²) in [7, 11) is 0. The quantitative estimate of drug-likeness (QED) is 0.907. The fraction of sp³-hybridized carbons (Fsp3) is 0.571. The predicted octanol–water partition coefficient (Wildman–Crippen LogP) is 3.41. The summed E-state index contributed by atoms with van der Waals surface area (Å²) in [5.74, 6) is 5.16. The molecular formula is C14H18BrNO2S. The Kier molecular flexibility index (Phi) is 4.56. The van der Waals surface area contributed by atoms with Crippen LogP contribution in [0.4, 0.5) is 0 Å². The van der Waals surface area contributed by atoms with E-state index in [0.29, 0.717) is 6.79 Å². The van der Waals surface area contributed by atoms with E-state index in [1.54, 1.807) is 0 Å². The van der Waals surface area contributed by atoms with Crippen LogP contribution >= 0.6 is 27.7 Å². The first-order chi connectivity index (χ1) is 9.33. The second-order valence-corrected chi connectivity index (χ2v) is 7.08. The molecule has 0 aliphatic carbocycles. The topological polar surface area (TPSA) is 30.5 Å². The summed E-state index contributed by atoms with van der Waals surface area (Å²) in [6, 6.07) is 4.17. The molecule has 3 rings (SSSR count). The van der Waals surface area contributed by atoms with Gasteiger partial charge in [-0.25, -0.2) is 0 Å². The standard InChI is InChI=1S/C14H18BrNO2S/c15-12-5-11(6-13-14(12)18-9-17-13)8-16-7-10-1-3-19-4-2-10/h5-6,10,16H,1-4,7-9H2. The monoisotopic (exact) mass is 343 g/mol. The van der Waals surface area contributed by atoms with Gasteiger partial charge in [0.2, 0.25) is 6.79 Å². The van der Waals surface area contributed by atoms with Crippen LogP contribution in [0, 0.1) is 5.92 Å². The molecule has 2 aliphatic rings. The van der Waals surface area contributed by atoms with Crippen molar-refractivity contribution in [3.63, 3.8) is 0 Å². The van der Waals surface area contributed by atoms with Crippen molar-refractivity contribution in [3.8, 4) is 11.5 Å². The molecule has 2 heterocycles. The number of benzene rings is 1. The molecule has 1 fully saturated rings. The van der Waals surface area contributed by atoms with E-state index >= 15 is 0 Å². The highest BCUT2D eigenvalue weighted by molar-refractivity contribution is 9.10. The van der Waals surface area contributed by atoms with Gasteiger partial charge in [0.15, 0.2) is 11.5 Å². The van der Waals surface area contributed by atoms with Crippen LogP contribution < -0.4 is 14.8 Å². The molecule has 0 amide bonds. The van der Waals surface area contributed by atoms with Gasteiger partial charge in [-0.3, -0.25) is 0 Å². The summed E-state index contributed by atoms with van der Waals surface area (Å²) in [5, 5.41) is 3.56. The zero-order chi connectivity index (χ0) is 13.1. The van der Waals surface area contributed by atoms with E-state index < -0.39 is 0 Å². The summed E-state index contributed by atoms with van der Waals surface area (Å²) in [6.07, 6.45) is 2.70. The summed E-state index contributed by atoms with van der Waals surface area (Å²) >= 11 is 5.61. The van der Waals surface area contributed by atoms with Crippen LogP contribution in [0.25, 0.3) is 0 Å². The molecule has 0 aromatic heterocycles. The summed E-state index contributed by atoms with van der Waals surface area (Å²) in [4.78, 5) is 0. The van der Waals surface area contributed by atoms with Crippen LogP contribution in [0.2, 0.25) is 0 Å². The lowest BCUT2D eigenvalue weighted by Crippen LogP contribution is -2.25. The zero-order valence-electron chi connectivity index (χ0n) is 10.8. The second kappa shape index (κ2) is 6.37. The zero-order valence-corrected chi connectivity index (χ0v) is 13.2. The Hall–Kier alpha value is -0.390. The van der Waals surface area contributed by atoms with Gasteiger partial charge in [-0.1, -0.05) is 0 Å². The van der Waals surface area contributed by atoms with E-state index in [0.717, 1.165) is 35.0 Å². The fourth-order valence-corrected chi connectivity index (χ4v) is 4.30. The SMILES string of the molecule is Brc1cc(CNCC2CCSCC2)cc2c1OCO2. The van der Waals surface area contributed by atoms with Gasteiger partial charge in [0.1, 0.15) is 0 Å². The molecule has 0 atom stereocenters. The minimum absolute atomic E-state index is 0.324. The highest BCUT2D eigenvalue weighted by Crippen LogP contribution is 2.39. The molecule has 1 saturated heterocycles. The van der Waals surface area contributed by atoms with Crippen molar-refractivity contribution in [3.05, 3.63) is 22.2 Å². The summed E-state index contributed by atoms with van der Waals surface area (Å²) in [6.45, 7) is 2.33. The Morgan fingerprint density at radius 2 is 2.11 bits per heavy atom. The first-order valence-corrected chi connectivity index (χ1v) is 8.64. The van der Waals surface area contributed by atoms with Gasteiger partial charge in [-0.2, -0.15) is 11.8 Å². The van der Waals surface area contributed by atoms with Gasteiger partial charge in [-0.15, -0.1) is 0 Å². The van der Waals surface area contributed by atoms with Crippen molar-refractivity contribution in [2.24, 2.45) is 5.92 Å². The largest absolute Gasteiger partial charge is 0.454 e. The maximum atomic E-state index is 5.43. The van der Waals surface area contributed by atoms with Crippen molar-refractivity contribution in [1.29, 1.82) is 0 Å². The van der Waals surface area contributed by atoms with Crippen molar-refractivity contribution in [2.75, 3.05) is 24.8 Å². The van der Waals surface area contributed by atoms with Gasteiger partial charge in [0, 0.05) is 6.54 Å². The first-order valence-electron chi connectivity index (χ1n) is 6.69. The van der Waals surface area contributed by atoms with Crippen molar-refractivity contribution in [2.45, 2.75) is 19.4 Å². The first kappa shape index (κ1) is 13.6. The minimum atomic E-state index is 0.324. The predicted molar refractivity (Wildman–Crippen MR) is 82.0 cm³/mol. The van der Waals surface area contributed by atoms with Crippen molar-refractivity contribution in [1.82, 2.24) is 5.32 Å². The Morgan fingerprint density at radius 3 is 2.95 bits per heavy atom. The molecule has 0 saturated carbocycles. The molecule has 3 nitrogen and oxygen atoms in total. The Labute approximate surface area is 126 Å². The van der Waals surface area contributed by atoms with Gasteiger partial charge in [0.05, 0.1) is 4.47 Å². The lowest BCUT2D eigenvalue weighted by atomic mass is 10.0. The number of fused-ring (bicyclic) bond motifs is 1. The molecule has 1 aromatic rings. The fourth-order valence-electron chi connectivity index (χ4n) is 2.49. The molecule has 0 spiro atoms. The molecule has 2 aliphatic heterocycles. The Balaban J connectivity index is 1.54. The molecule has 1 aromatic carbocycles. The van der Waals surface area contributed by atoms with Crippen LogP contribution in [-0.2, 0) is 6.54 Å². The normalized spacial score (nSPS) is 18.8. The van der Waals surface area contributed by atoms with E-state index in [9.17, 15) is 0 Å². The highest BCUT2D eigenvalue weighted by Gasteiger charge is 2.18. The Bertz CT molecular complexity index is 449. The van der Waals surface area contributed by atoms with E-state index in [4.69, 9.17) is 9.47 Å². The average molecular weight is 344 g/mol. The van der Waals surface area contributed by atoms with Crippen LogP contribution in [-0.4, -0.2) is 24.8 Å². The number of halogens is 1. The molecular weight excluding hydrogens is 326 g/mol. The molecule has 0 bridgehead atoms. The van der Waals surface area contributed by atoms with Crippen LogP contribution in [0.1, 0.15) is 18.4 Å². The Morgan fingerprint density at radius 1 is 1.26 bits per heavy atom. The van der Waals surface area contributed by atoms with Gasteiger partial charge < -0.3 is 14.8 Å². The van der Waals surface area contributed by atoms with Gasteiger partial charge >= 0.3 is 0 Å². The molecule has 104 valence electrons. The lowest BCUT2D eigenvalue weighted by Gasteiger charge is -2.21. The van der Waals surface area contributed by atoms with E-state index in [1.807, 2.05) is 0 Å². The maximum Gasteiger partial charge on any atom is 0.231 e. The third-order valence-electron chi connectivity index (χ3n) is 3.59. The summed E-state index contributed by atoms with van der Waals surface area (Å²) < 4.78 is 11.8. The molecule has 0 radical (unpaired) electrons. The molecule has 1 N–H and O–H groups in total. The number of nitrogens with one attached hydrogen (secondary N) is 1. The molecule has 5 heteroatoms. The van der Waals surface area contributed by atoms with Crippen molar-refractivity contribution >= 4 is 27.7 Å². The molecule has 19 heavy (non-hydrogen) atoms. The van der Waals surface area contributed by atoms with Crippen LogP contribution in [0.5, 0.6) is 11.5 Å². The number of thioether (sulfide) groups is 1. The summed E-state index contributed by atoms with van der Waals surface area (Å²) in [5.41, 5.74) is 1.24. The lowest BCUT2D eigenvalue weighted by molar-refractivity contribution is 0.173. The van der Waals surface area contributed by atoms with Crippen molar-refractivity contribution < 1.29 is 9.47 Å². The number of ether oxygens (including phenoxy) is 2. The highest BCUT2D eigenvalue weighted by atomic mass is 79.9. The average Bonchev–Trinajstić information content (AvgIpc) is 2.89. The minimum Gasteiger partial charge on any atom is -0.454 e. The smallest absolute Gasteiger partial charge is 0.231 e. The number of rotatable bonds is 4. The van der Waals surface area contributed by atoms with E-state index in [1.165, 1.54) is 29.9 Å². The van der Waals surface area contributed by atoms with E-state index in [2.05, 4.69) is 45.1 Å². The third-order valence-corrected chi connectivity index (χ3v) is 5.23. The van der Waals surface area contributed by atoms with Gasteiger partial charge in [0.25, 0.3) is 0 Å². The van der Waals surface area contributed by atoms with Crippen LogP contribution in [0.15, 0.2) is 16.6 Å². The van der Waals surface area contributed by atoms with Crippen LogP contribution in [0.3, 0.4) is 0 Å². The molecule has 0 unspecified atom stereocenters. The number of hydrogen-bond acceptors (Lipinski definition) is 4. The number of hydrogen-bond donors (Lipinski definition) is 1. The van der Waals surface area contributed by atoms with E-state index in [-0.39, 0.29) is 0 Å². The third kappa shape index (κ3) is 3.38. The second-order valence-electron chi connectivity index (χ2n) is 5.00. The maximum absolute atomic E-state index is 5.43. The van der Waals surface area contributed by atoms with Gasteiger partial charge in [-0.05, 0) is 70.4 Å².